The molecule has 1 aromatic carbocycles. The highest BCUT2D eigenvalue weighted by molar-refractivity contribution is 6.01. The Bertz CT molecular complexity index is 984. The molecular weight excluding hydrogens is 378 g/mol. The molecule has 1 aliphatic rings. The number of pyridine rings is 1. The number of fused-ring (bicyclic) bond motifs is 1. The first-order valence-corrected chi connectivity index (χ1v) is 9.19. The molecule has 0 saturated carbocycles. The van der Waals surface area contributed by atoms with Crippen LogP contribution in [0.3, 0.4) is 0 Å². The van der Waals surface area contributed by atoms with E-state index in [4.69, 9.17) is 18.9 Å². The number of rotatable bonds is 6. The van der Waals surface area contributed by atoms with E-state index in [1.807, 2.05) is 0 Å². The predicted molar refractivity (Wildman–Crippen MR) is 105 cm³/mol. The minimum Gasteiger partial charge on any atom is -0.493 e. The molecule has 1 N–H and O–H groups in total. The van der Waals surface area contributed by atoms with Crippen molar-refractivity contribution < 1.29 is 28.5 Å². The topological polar surface area (TPSA) is 104 Å². The van der Waals surface area contributed by atoms with Gasteiger partial charge in [0.2, 0.25) is 5.75 Å². The largest absolute Gasteiger partial charge is 0.493 e. The van der Waals surface area contributed by atoms with E-state index in [9.17, 15) is 14.4 Å². The zero-order valence-corrected chi connectivity index (χ0v) is 16.8. The number of benzene rings is 1. The first-order chi connectivity index (χ1) is 13.9. The zero-order chi connectivity index (χ0) is 21.1. The fraction of sp³-hybridized carbons (Fsp3) is 0.381. The van der Waals surface area contributed by atoms with Gasteiger partial charge in [-0.3, -0.25) is 9.59 Å². The molecule has 0 fully saturated rings. The van der Waals surface area contributed by atoms with E-state index in [0.29, 0.717) is 34.9 Å². The van der Waals surface area contributed by atoms with Crippen molar-refractivity contribution in [2.75, 3.05) is 27.9 Å². The van der Waals surface area contributed by atoms with E-state index in [0.717, 1.165) is 5.56 Å². The second-order valence-corrected chi connectivity index (χ2v) is 6.61. The minimum absolute atomic E-state index is 0.145. The number of carbonyl (C=O) groups excluding carboxylic acids is 2. The van der Waals surface area contributed by atoms with Crippen molar-refractivity contribution in [2.24, 2.45) is 0 Å². The third kappa shape index (κ3) is 3.83. The number of nitrogens with one attached hydrogen (secondary N) is 1. The number of H-pyrrole nitrogens is 1. The van der Waals surface area contributed by atoms with Crippen LogP contribution in [0.25, 0.3) is 0 Å². The Morgan fingerprint density at radius 1 is 1.03 bits per heavy atom. The van der Waals surface area contributed by atoms with Gasteiger partial charge in [-0.1, -0.05) is 0 Å². The van der Waals surface area contributed by atoms with E-state index < -0.39 is 11.5 Å². The van der Waals surface area contributed by atoms with Gasteiger partial charge in [-0.25, -0.2) is 4.79 Å². The van der Waals surface area contributed by atoms with Crippen LogP contribution in [0.1, 0.15) is 51.2 Å². The van der Waals surface area contributed by atoms with Gasteiger partial charge in [0.05, 0.1) is 27.9 Å². The predicted octanol–water partition coefficient (Wildman–Crippen LogP) is 2.49. The SMILES string of the molecule is CCOC(=O)c1cc2c([nH]c1=O)CC(c1cc(OC)c(OC)c(OC)c1)CC2=O. The highest BCUT2D eigenvalue weighted by Gasteiger charge is 2.30. The van der Waals surface area contributed by atoms with Gasteiger partial charge in [-0.05, 0) is 43.0 Å². The Morgan fingerprint density at radius 3 is 2.24 bits per heavy atom. The molecule has 0 spiro atoms. The van der Waals surface area contributed by atoms with E-state index in [2.05, 4.69) is 4.98 Å². The Morgan fingerprint density at radius 2 is 1.69 bits per heavy atom. The molecule has 2 aromatic rings. The van der Waals surface area contributed by atoms with E-state index >= 15 is 0 Å². The smallest absolute Gasteiger partial charge is 0.343 e. The molecule has 1 heterocycles. The lowest BCUT2D eigenvalue weighted by Crippen LogP contribution is -2.28. The summed E-state index contributed by atoms with van der Waals surface area (Å²) in [5.74, 6) is 0.363. The van der Waals surface area contributed by atoms with Crippen molar-refractivity contribution in [3.05, 3.63) is 50.9 Å². The van der Waals surface area contributed by atoms with Crippen LogP contribution in [0.15, 0.2) is 23.0 Å². The molecular formula is C21H23NO7. The van der Waals surface area contributed by atoms with Crippen molar-refractivity contribution >= 4 is 11.8 Å². The Balaban J connectivity index is 2.00. The van der Waals surface area contributed by atoms with Crippen molar-refractivity contribution in [3.8, 4) is 17.2 Å². The second kappa shape index (κ2) is 8.38. The minimum atomic E-state index is -0.740. The Hall–Kier alpha value is -3.29. The van der Waals surface area contributed by atoms with Crippen LogP contribution < -0.4 is 19.8 Å². The van der Waals surface area contributed by atoms with Crippen LogP contribution in [0.5, 0.6) is 17.2 Å². The highest BCUT2D eigenvalue weighted by Crippen LogP contribution is 2.42. The summed E-state index contributed by atoms with van der Waals surface area (Å²) >= 11 is 0. The highest BCUT2D eigenvalue weighted by atomic mass is 16.5. The normalized spacial score (nSPS) is 15.4. The number of ether oxygens (including phenoxy) is 4. The summed E-state index contributed by atoms with van der Waals surface area (Å²) in [5, 5.41) is 0. The molecule has 0 radical (unpaired) electrons. The van der Waals surface area contributed by atoms with Gasteiger partial charge in [-0.15, -0.1) is 0 Å². The summed E-state index contributed by atoms with van der Waals surface area (Å²) in [7, 11) is 4.57. The maximum absolute atomic E-state index is 12.8. The standard InChI is InChI=1S/C21H23NO7/c1-5-29-21(25)14-10-13-15(22-20(14)24)6-11(7-16(13)23)12-8-17(26-2)19(28-4)18(9-12)27-3/h8-11H,5-7H2,1-4H3,(H,22,24). The monoisotopic (exact) mass is 401 g/mol. The van der Waals surface area contributed by atoms with Crippen LogP contribution in [-0.2, 0) is 11.2 Å². The summed E-state index contributed by atoms with van der Waals surface area (Å²) in [6.45, 7) is 1.80. The fourth-order valence-electron chi connectivity index (χ4n) is 3.56. The molecule has 8 heteroatoms. The molecule has 1 atom stereocenters. The summed E-state index contributed by atoms with van der Waals surface area (Å²) in [6.07, 6.45) is 0.651. The van der Waals surface area contributed by atoms with Crippen molar-refractivity contribution in [2.45, 2.75) is 25.7 Å². The fourth-order valence-corrected chi connectivity index (χ4v) is 3.56. The molecule has 1 unspecified atom stereocenters. The second-order valence-electron chi connectivity index (χ2n) is 6.61. The maximum atomic E-state index is 12.8. The zero-order valence-electron chi connectivity index (χ0n) is 16.8. The lowest BCUT2D eigenvalue weighted by molar-refractivity contribution is 0.0524. The third-order valence-electron chi connectivity index (χ3n) is 4.96. The molecule has 29 heavy (non-hydrogen) atoms. The average Bonchev–Trinajstić information content (AvgIpc) is 2.72. The first-order valence-electron chi connectivity index (χ1n) is 9.19. The first kappa shape index (κ1) is 20.4. The Kier molecular flexibility index (Phi) is 5.91. The number of aromatic amines is 1. The van der Waals surface area contributed by atoms with E-state index in [-0.39, 0.29) is 30.3 Å². The van der Waals surface area contributed by atoms with Crippen molar-refractivity contribution in [1.29, 1.82) is 0 Å². The lowest BCUT2D eigenvalue weighted by atomic mass is 9.81. The van der Waals surface area contributed by atoms with E-state index in [1.165, 1.54) is 27.4 Å². The Labute approximate surface area is 167 Å². The molecule has 3 rings (SSSR count). The van der Waals surface area contributed by atoms with Gasteiger partial charge in [0.1, 0.15) is 5.56 Å². The van der Waals surface area contributed by atoms with Gasteiger partial charge in [0, 0.05) is 17.7 Å². The molecule has 8 nitrogen and oxygen atoms in total. The molecule has 0 bridgehead atoms. The molecule has 0 amide bonds. The van der Waals surface area contributed by atoms with Gasteiger partial charge in [0.25, 0.3) is 5.56 Å². The van der Waals surface area contributed by atoms with Gasteiger partial charge in [-0.2, -0.15) is 0 Å². The quantitative estimate of drug-likeness (QED) is 0.742. The van der Waals surface area contributed by atoms with Crippen LogP contribution >= 0.6 is 0 Å². The summed E-state index contributed by atoms with van der Waals surface area (Å²) in [6, 6.07) is 4.94. The number of Topliss-reactive ketones (excluding diaryl/α,β-unsaturated/α-hetero) is 1. The molecule has 1 aliphatic carbocycles. The molecule has 0 saturated heterocycles. The van der Waals surface area contributed by atoms with Gasteiger partial charge in [0.15, 0.2) is 17.3 Å². The van der Waals surface area contributed by atoms with Crippen molar-refractivity contribution in [1.82, 2.24) is 4.98 Å². The number of methoxy groups -OCH3 is 3. The number of aromatic nitrogens is 1. The van der Waals surface area contributed by atoms with Crippen molar-refractivity contribution in [3.63, 3.8) is 0 Å². The third-order valence-corrected chi connectivity index (χ3v) is 4.96. The van der Waals surface area contributed by atoms with Gasteiger partial charge < -0.3 is 23.9 Å². The number of hydrogen-bond donors (Lipinski definition) is 1. The van der Waals surface area contributed by atoms with Crippen LogP contribution in [0.2, 0.25) is 0 Å². The number of esters is 1. The van der Waals surface area contributed by atoms with Gasteiger partial charge >= 0.3 is 5.97 Å². The molecule has 154 valence electrons. The maximum Gasteiger partial charge on any atom is 0.343 e. The summed E-state index contributed by atoms with van der Waals surface area (Å²) in [4.78, 5) is 39.7. The van der Waals surface area contributed by atoms with Crippen LogP contribution in [-0.4, -0.2) is 44.7 Å². The number of ketones is 1. The number of hydrogen-bond acceptors (Lipinski definition) is 7. The lowest BCUT2D eigenvalue weighted by Gasteiger charge is -2.25. The molecule has 1 aromatic heterocycles. The van der Waals surface area contributed by atoms with Crippen LogP contribution in [0, 0.1) is 0 Å². The average molecular weight is 401 g/mol. The van der Waals surface area contributed by atoms with E-state index in [1.54, 1.807) is 19.1 Å². The summed E-state index contributed by atoms with van der Waals surface area (Å²) < 4.78 is 21.0. The molecule has 0 aliphatic heterocycles. The van der Waals surface area contributed by atoms with Crippen LogP contribution in [0.4, 0.5) is 0 Å². The number of carbonyl (C=O) groups is 2. The summed E-state index contributed by atoms with van der Waals surface area (Å²) in [5.41, 5.74) is 0.939.